The summed E-state index contributed by atoms with van der Waals surface area (Å²) in [5.41, 5.74) is 0.959. The van der Waals surface area contributed by atoms with Crippen LogP contribution in [0.1, 0.15) is 19.4 Å². The smallest absolute Gasteiger partial charge is 0.0956 e. The van der Waals surface area contributed by atoms with Crippen LogP contribution in [0.3, 0.4) is 0 Å². The van der Waals surface area contributed by atoms with Crippen molar-refractivity contribution in [3.8, 4) is 11.8 Å². The second-order valence-electron chi connectivity index (χ2n) is 5.43. The van der Waals surface area contributed by atoms with Gasteiger partial charge >= 0.3 is 0 Å². The van der Waals surface area contributed by atoms with Gasteiger partial charge in [-0.25, -0.2) is 0 Å². The Morgan fingerprint density at radius 1 is 1.23 bits per heavy atom. The molecule has 1 heterocycles. The second kappa shape index (κ2) is 9.17. The van der Waals surface area contributed by atoms with Gasteiger partial charge in [-0.1, -0.05) is 36.4 Å². The van der Waals surface area contributed by atoms with Crippen LogP contribution in [-0.2, 0) is 4.74 Å². The molecule has 1 atom stereocenters. The molecule has 1 fully saturated rings. The molecule has 4 heteroatoms. The minimum atomic E-state index is 0.151. The second-order valence-corrected chi connectivity index (χ2v) is 5.86. The van der Waals surface area contributed by atoms with Crippen molar-refractivity contribution < 1.29 is 4.74 Å². The Morgan fingerprint density at radius 2 is 2.00 bits per heavy atom. The molecule has 1 aliphatic heterocycles. The molecule has 1 unspecified atom stereocenters. The molecular weight excluding hydrogens is 296 g/mol. The topological polar surface area (TPSA) is 15.7 Å². The fourth-order valence-corrected chi connectivity index (χ4v) is 2.78. The highest BCUT2D eigenvalue weighted by molar-refractivity contribution is 6.30. The van der Waals surface area contributed by atoms with Crippen molar-refractivity contribution in [3.05, 3.63) is 34.9 Å². The first kappa shape index (κ1) is 17.3. The van der Waals surface area contributed by atoms with Crippen LogP contribution in [0.15, 0.2) is 24.3 Å². The van der Waals surface area contributed by atoms with E-state index in [1.807, 2.05) is 31.2 Å². The maximum Gasteiger partial charge on any atom is 0.0956 e. The lowest BCUT2D eigenvalue weighted by Crippen LogP contribution is -2.51. The molecule has 1 aromatic rings. The van der Waals surface area contributed by atoms with Gasteiger partial charge in [0.2, 0.25) is 0 Å². The molecular formula is C18H25ClN2O. The molecule has 2 rings (SSSR count). The molecule has 0 spiro atoms. The van der Waals surface area contributed by atoms with Gasteiger partial charge < -0.3 is 9.64 Å². The number of halogens is 1. The summed E-state index contributed by atoms with van der Waals surface area (Å²) < 4.78 is 5.63. The van der Waals surface area contributed by atoms with E-state index < -0.39 is 0 Å². The first-order chi connectivity index (χ1) is 10.7. The Morgan fingerprint density at radius 3 is 2.64 bits per heavy atom. The highest BCUT2D eigenvalue weighted by Gasteiger charge is 2.21. The van der Waals surface area contributed by atoms with E-state index in [0.29, 0.717) is 6.61 Å². The van der Waals surface area contributed by atoms with Crippen LogP contribution in [0, 0.1) is 11.8 Å². The SMILES string of the molecule is CCOCC(C#Cc1cccc(Cl)c1)N1CCN(CC)CC1. The minimum absolute atomic E-state index is 0.151. The fraction of sp³-hybridized carbons (Fsp3) is 0.556. The third-order valence-electron chi connectivity index (χ3n) is 3.98. The van der Waals surface area contributed by atoms with Crippen molar-refractivity contribution in [2.45, 2.75) is 19.9 Å². The van der Waals surface area contributed by atoms with E-state index in [4.69, 9.17) is 16.3 Å². The average molecular weight is 321 g/mol. The van der Waals surface area contributed by atoms with Crippen LogP contribution in [0.4, 0.5) is 0 Å². The fourth-order valence-electron chi connectivity index (χ4n) is 2.59. The summed E-state index contributed by atoms with van der Waals surface area (Å²) in [5.74, 6) is 6.62. The average Bonchev–Trinajstić information content (AvgIpc) is 2.55. The Bertz CT molecular complexity index is 515. The Hall–Kier alpha value is -1.05. The largest absolute Gasteiger partial charge is 0.379 e. The van der Waals surface area contributed by atoms with Gasteiger partial charge in [0.15, 0.2) is 0 Å². The number of rotatable bonds is 5. The zero-order valence-corrected chi connectivity index (χ0v) is 14.3. The molecule has 0 aliphatic carbocycles. The van der Waals surface area contributed by atoms with Gasteiger partial charge in [0.05, 0.1) is 12.6 Å². The van der Waals surface area contributed by atoms with Crippen LogP contribution < -0.4 is 0 Å². The van der Waals surface area contributed by atoms with Crippen molar-refractivity contribution in [1.82, 2.24) is 9.80 Å². The maximum atomic E-state index is 6.02. The van der Waals surface area contributed by atoms with Crippen LogP contribution in [0.5, 0.6) is 0 Å². The molecule has 0 radical (unpaired) electrons. The molecule has 22 heavy (non-hydrogen) atoms. The number of piperazine rings is 1. The molecule has 0 bridgehead atoms. The Balaban J connectivity index is 2.03. The molecule has 0 N–H and O–H groups in total. The number of likely N-dealkylation sites (N-methyl/N-ethyl adjacent to an activating group) is 1. The number of benzene rings is 1. The highest BCUT2D eigenvalue weighted by Crippen LogP contribution is 2.10. The monoisotopic (exact) mass is 320 g/mol. The maximum absolute atomic E-state index is 6.02. The van der Waals surface area contributed by atoms with Gasteiger partial charge in [-0.3, -0.25) is 4.90 Å². The summed E-state index contributed by atoms with van der Waals surface area (Å²) >= 11 is 6.02. The summed E-state index contributed by atoms with van der Waals surface area (Å²) in [5, 5.41) is 0.727. The minimum Gasteiger partial charge on any atom is -0.379 e. The zero-order chi connectivity index (χ0) is 15.8. The number of hydrogen-bond donors (Lipinski definition) is 0. The van der Waals surface area contributed by atoms with E-state index in [1.165, 1.54) is 0 Å². The third-order valence-corrected chi connectivity index (χ3v) is 4.22. The summed E-state index contributed by atoms with van der Waals surface area (Å²) in [6, 6.07) is 7.85. The zero-order valence-electron chi connectivity index (χ0n) is 13.5. The lowest BCUT2D eigenvalue weighted by molar-refractivity contribution is 0.0585. The van der Waals surface area contributed by atoms with E-state index in [-0.39, 0.29) is 6.04 Å². The Kier molecular flexibility index (Phi) is 7.21. The normalized spacial score (nSPS) is 17.8. The van der Waals surface area contributed by atoms with Crippen molar-refractivity contribution in [2.24, 2.45) is 0 Å². The quantitative estimate of drug-likeness (QED) is 0.776. The molecule has 0 saturated carbocycles. The van der Waals surface area contributed by atoms with Gasteiger partial charge in [-0.05, 0) is 31.7 Å². The summed E-state index contributed by atoms with van der Waals surface area (Å²) in [4.78, 5) is 4.90. The van der Waals surface area contributed by atoms with E-state index in [2.05, 4.69) is 28.6 Å². The van der Waals surface area contributed by atoms with Crippen molar-refractivity contribution in [2.75, 3.05) is 45.9 Å². The van der Waals surface area contributed by atoms with Gasteiger partial charge in [0, 0.05) is 43.4 Å². The Labute approximate surface area is 139 Å². The molecule has 1 aliphatic rings. The molecule has 3 nitrogen and oxygen atoms in total. The predicted octanol–water partition coefficient (Wildman–Crippen LogP) is 2.73. The van der Waals surface area contributed by atoms with Crippen molar-refractivity contribution >= 4 is 11.6 Å². The molecule has 0 aromatic heterocycles. The van der Waals surface area contributed by atoms with Gasteiger partial charge in [0.1, 0.15) is 0 Å². The predicted molar refractivity (Wildman–Crippen MR) is 92.3 cm³/mol. The van der Waals surface area contributed by atoms with Crippen LogP contribution in [-0.4, -0.2) is 61.8 Å². The van der Waals surface area contributed by atoms with Crippen LogP contribution in [0.2, 0.25) is 5.02 Å². The van der Waals surface area contributed by atoms with Gasteiger partial charge in [-0.2, -0.15) is 0 Å². The molecule has 1 saturated heterocycles. The number of ether oxygens (including phenoxy) is 1. The van der Waals surface area contributed by atoms with E-state index in [9.17, 15) is 0 Å². The van der Waals surface area contributed by atoms with Gasteiger partial charge in [-0.15, -0.1) is 0 Å². The lowest BCUT2D eigenvalue weighted by Gasteiger charge is -2.36. The van der Waals surface area contributed by atoms with Crippen molar-refractivity contribution in [1.29, 1.82) is 0 Å². The first-order valence-electron chi connectivity index (χ1n) is 8.04. The van der Waals surface area contributed by atoms with Crippen molar-refractivity contribution in [3.63, 3.8) is 0 Å². The van der Waals surface area contributed by atoms with E-state index >= 15 is 0 Å². The lowest BCUT2D eigenvalue weighted by atomic mass is 10.1. The molecule has 0 amide bonds. The number of nitrogens with zero attached hydrogens (tertiary/aromatic N) is 2. The third kappa shape index (κ3) is 5.30. The van der Waals surface area contributed by atoms with E-state index in [0.717, 1.165) is 49.9 Å². The molecule has 120 valence electrons. The van der Waals surface area contributed by atoms with Gasteiger partial charge in [0.25, 0.3) is 0 Å². The summed E-state index contributed by atoms with van der Waals surface area (Å²) in [6.07, 6.45) is 0. The summed E-state index contributed by atoms with van der Waals surface area (Å²) in [7, 11) is 0. The number of hydrogen-bond acceptors (Lipinski definition) is 3. The molecule has 1 aromatic carbocycles. The van der Waals surface area contributed by atoms with E-state index in [1.54, 1.807) is 0 Å². The highest BCUT2D eigenvalue weighted by atomic mass is 35.5. The first-order valence-corrected chi connectivity index (χ1v) is 8.42. The van der Waals surface area contributed by atoms with Crippen LogP contribution in [0.25, 0.3) is 0 Å². The standard InChI is InChI=1S/C18H25ClN2O/c1-3-20-10-12-21(13-11-20)18(15-22-4-2)9-8-16-6-5-7-17(19)14-16/h5-7,14,18H,3-4,10-13,15H2,1-2H3. The van der Waals surface area contributed by atoms with Crippen LogP contribution >= 0.6 is 11.6 Å². The summed E-state index contributed by atoms with van der Waals surface area (Å²) in [6.45, 7) is 11.1.